The quantitative estimate of drug-likeness (QED) is 0.785. The molecule has 0 amide bonds. The summed E-state index contributed by atoms with van der Waals surface area (Å²) in [6.45, 7) is 6.25. The van der Waals surface area contributed by atoms with Crippen LogP contribution in [0.5, 0.6) is 0 Å². The van der Waals surface area contributed by atoms with Gasteiger partial charge in [-0.2, -0.15) is 0 Å². The second kappa shape index (κ2) is 5.21. The molecule has 0 spiro atoms. The fraction of sp³-hybridized carbons (Fsp3) is 0.909. The number of hydrogen-bond acceptors (Lipinski definition) is 4. The van der Waals surface area contributed by atoms with E-state index in [1.54, 1.807) is 0 Å². The smallest absolute Gasteiger partial charge is 0.157 e. The molecule has 4 heteroatoms. The molecule has 0 aromatic heterocycles. The molecular formula is C11H20N2OS. The molecule has 0 radical (unpaired) electrons. The molecular weight excluding hydrogens is 208 g/mol. The van der Waals surface area contributed by atoms with Crippen molar-refractivity contribution in [3.8, 4) is 0 Å². The Hall–Kier alpha value is -0.220. The minimum absolute atomic E-state index is 0.394. The Morgan fingerprint density at radius 1 is 1.60 bits per heavy atom. The molecule has 2 aliphatic heterocycles. The second-order valence-corrected chi connectivity index (χ2v) is 5.63. The highest BCUT2D eigenvalue weighted by Gasteiger charge is 2.23. The van der Waals surface area contributed by atoms with Crippen LogP contribution in [0.15, 0.2) is 4.99 Å². The molecule has 3 atom stereocenters. The van der Waals surface area contributed by atoms with Crippen LogP contribution >= 0.6 is 11.8 Å². The van der Waals surface area contributed by atoms with Gasteiger partial charge in [0, 0.05) is 17.9 Å². The molecule has 1 fully saturated rings. The van der Waals surface area contributed by atoms with Crippen LogP contribution in [-0.2, 0) is 4.74 Å². The molecule has 0 aromatic carbocycles. The van der Waals surface area contributed by atoms with Crippen molar-refractivity contribution in [2.24, 2.45) is 4.99 Å². The second-order valence-electron chi connectivity index (χ2n) is 4.34. The van der Waals surface area contributed by atoms with Gasteiger partial charge in [0.2, 0.25) is 0 Å². The normalized spacial score (nSPS) is 36.4. The summed E-state index contributed by atoms with van der Waals surface area (Å²) in [4.78, 5) is 4.53. The molecule has 0 bridgehead atoms. The molecule has 3 nitrogen and oxygen atoms in total. The largest absolute Gasteiger partial charge is 0.378 e. The summed E-state index contributed by atoms with van der Waals surface area (Å²) in [5, 5.41) is 5.40. The third kappa shape index (κ3) is 3.11. The lowest BCUT2D eigenvalue weighted by Crippen LogP contribution is -2.40. The number of thioether (sulfide) groups is 1. The van der Waals surface area contributed by atoms with Gasteiger partial charge in [-0.3, -0.25) is 4.99 Å². The van der Waals surface area contributed by atoms with E-state index in [4.69, 9.17) is 4.74 Å². The van der Waals surface area contributed by atoms with E-state index in [0.29, 0.717) is 17.4 Å². The number of hydrogen-bond donors (Lipinski definition) is 1. The first-order chi connectivity index (χ1) is 7.28. The minimum atomic E-state index is 0.394. The maximum absolute atomic E-state index is 5.53. The Labute approximate surface area is 96.1 Å². The van der Waals surface area contributed by atoms with Gasteiger partial charge in [0.1, 0.15) is 0 Å². The predicted octanol–water partition coefficient (Wildman–Crippen LogP) is 2.02. The molecule has 2 aliphatic rings. The number of aliphatic imine (C=N–C) groups is 1. The molecule has 1 saturated heterocycles. The van der Waals surface area contributed by atoms with Crippen LogP contribution in [0.4, 0.5) is 0 Å². The van der Waals surface area contributed by atoms with E-state index in [-0.39, 0.29) is 0 Å². The van der Waals surface area contributed by atoms with Crippen molar-refractivity contribution in [3.05, 3.63) is 0 Å². The SMILES string of the molecule is CCC1CN=C(NC2CCOC(C)C2)S1. The van der Waals surface area contributed by atoms with E-state index in [2.05, 4.69) is 24.2 Å². The van der Waals surface area contributed by atoms with Gasteiger partial charge in [-0.15, -0.1) is 0 Å². The Bertz CT molecular complexity index is 245. The van der Waals surface area contributed by atoms with Gasteiger partial charge in [-0.05, 0) is 26.2 Å². The summed E-state index contributed by atoms with van der Waals surface area (Å²) in [6, 6.07) is 0.565. The first-order valence-corrected chi connectivity index (χ1v) is 6.75. The van der Waals surface area contributed by atoms with Gasteiger partial charge in [-0.25, -0.2) is 0 Å². The summed E-state index contributed by atoms with van der Waals surface area (Å²) in [5.74, 6) is 0. The summed E-state index contributed by atoms with van der Waals surface area (Å²) < 4.78 is 5.53. The van der Waals surface area contributed by atoms with Gasteiger partial charge in [0.15, 0.2) is 5.17 Å². The third-order valence-corrected chi connectivity index (χ3v) is 4.27. The van der Waals surface area contributed by atoms with Crippen LogP contribution in [0, 0.1) is 0 Å². The van der Waals surface area contributed by atoms with Crippen molar-refractivity contribution >= 4 is 16.9 Å². The highest BCUT2D eigenvalue weighted by Crippen LogP contribution is 2.23. The number of nitrogens with zero attached hydrogens (tertiary/aromatic N) is 1. The minimum Gasteiger partial charge on any atom is -0.378 e. The van der Waals surface area contributed by atoms with Crippen LogP contribution in [0.25, 0.3) is 0 Å². The maximum Gasteiger partial charge on any atom is 0.157 e. The maximum atomic E-state index is 5.53. The number of rotatable bonds is 2. The van der Waals surface area contributed by atoms with Crippen molar-refractivity contribution in [1.29, 1.82) is 0 Å². The van der Waals surface area contributed by atoms with Crippen LogP contribution in [-0.4, -0.2) is 35.7 Å². The van der Waals surface area contributed by atoms with Crippen molar-refractivity contribution in [1.82, 2.24) is 5.32 Å². The van der Waals surface area contributed by atoms with Crippen LogP contribution in [0.2, 0.25) is 0 Å². The van der Waals surface area contributed by atoms with Gasteiger partial charge in [0.05, 0.1) is 12.6 Å². The zero-order valence-electron chi connectivity index (χ0n) is 9.53. The molecule has 15 heavy (non-hydrogen) atoms. The highest BCUT2D eigenvalue weighted by atomic mass is 32.2. The van der Waals surface area contributed by atoms with Crippen molar-refractivity contribution in [2.75, 3.05) is 13.2 Å². The van der Waals surface area contributed by atoms with Gasteiger partial charge in [-0.1, -0.05) is 18.7 Å². The predicted molar refractivity (Wildman–Crippen MR) is 65.5 cm³/mol. The summed E-state index contributed by atoms with van der Waals surface area (Å²) >= 11 is 1.90. The van der Waals surface area contributed by atoms with Gasteiger partial charge in [0.25, 0.3) is 0 Å². The van der Waals surface area contributed by atoms with E-state index in [0.717, 1.165) is 31.2 Å². The standard InChI is InChI=1S/C11H20N2OS/c1-3-10-7-12-11(15-10)13-9-4-5-14-8(2)6-9/h8-10H,3-7H2,1-2H3,(H,12,13). The zero-order chi connectivity index (χ0) is 10.7. The highest BCUT2D eigenvalue weighted by molar-refractivity contribution is 8.14. The molecule has 0 aromatic rings. The fourth-order valence-electron chi connectivity index (χ4n) is 2.01. The summed E-state index contributed by atoms with van der Waals surface area (Å²) in [7, 11) is 0. The summed E-state index contributed by atoms with van der Waals surface area (Å²) in [5.41, 5.74) is 0. The lowest BCUT2D eigenvalue weighted by atomic mass is 10.1. The van der Waals surface area contributed by atoms with Crippen molar-refractivity contribution in [2.45, 2.75) is 50.5 Å². The first kappa shape index (κ1) is 11.3. The van der Waals surface area contributed by atoms with E-state index < -0.39 is 0 Å². The fourth-order valence-corrected chi connectivity index (χ4v) is 3.03. The topological polar surface area (TPSA) is 33.6 Å². The van der Waals surface area contributed by atoms with Gasteiger partial charge >= 0.3 is 0 Å². The molecule has 2 heterocycles. The van der Waals surface area contributed by atoms with Crippen LogP contribution in [0.3, 0.4) is 0 Å². The molecule has 1 N–H and O–H groups in total. The monoisotopic (exact) mass is 228 g/mol. The summed E-state index contributed by atoms with van der Waals surface area (Å²) in [6.07, 6.45) is 3.82. The van der Waals surface area contributed by atoms with E-state index >= 15 is 0 Å². The lowest BCUT2D eigenvalue weighted by molar-refractivity contribution is 0.0168. The number of nitrogens with one attached hydrogen (secondary N) is 1. The van der Waals surface area contributed by atoms with Crippen LogP contribution in [0.1, 0.15) is 33.1 Å². The first-order valence-electron chi connectivity index (χ1n) is 5.87. The van der Waals surface area contributed by atoms with Crippen molar-refractivity contribution < 1.29 is 4.74 Å². The Morgan fingerprint density at radius 2 is 2.47 bits per heavy atom. The van der Waals surface area contributed by atoms with E-state index in [1.165, 1.54) is 6.42 Å². The Balaban J connectivity index is 1.77. The Morgan fingerprint density at radius 3 is 3.13 bits per heavy atom. The number of ether oxygens (including phenoxy) is 1. The van der Waals surface area contributed by atoms with Crippen molar-refractivity contribution in [3.63, 3.8) is 0 Å². The molecule has 3 unspecified atom stereocenters. The van der Waals surface area contributed by atoms with E-state index in [1.807, 2.05) is 11.8 Å². The zero-order valence-corrected chi connectivity index (χ0v) is 10.3. The molecule has 86 valence electrons. The lowest BCUT2D eigenvalue weighted by Gasteiger charge is -2.28. The molecule has 0 saturated carbocycles. The number of amidine groups is 1. The molecule has 0 aliphatic carbocycles. The van der Waals surface area contributed by atoms with Crippen LogP contribution < -0.4 is 5.32 Å². The molecule has 2 rings (SSSR count). The average molecular weight is 228 g/mol. The third-order valence-electron chi connectivity index (χ3n) is 2.98. The Kier molecular flexibility index (Phi) is 3.92. The average Bonchev–Trinajstić information content (AvgIpc) is 2.65. The van der Waals surface area contributed by atoms with E-state index in [9.17, 15) is 0 Å². The van der Waals surface area contributed by atoms with Gasteiger partial charge < -0.3 is 10.1 Å².